The summed E-state index contributed by atoms with van der Waals surface area (Å²) in [4.78, 5) is 0. The van der Waals surface area contributed by atoms with Crippen molar-refractivity contribution in [2.75, 3.05) is 0 Å². The molecule has 0 fully saturated rings. The minimum atomic E-state index is -0.601. The lowest BCUT2D eigenvalue weighted by Crippen LogP contribution is -1.89. The maximum Gasteiger partial charge on any atom is 0.133 e. The highest BCUT2D eigenvalue weighted by Gasteiger charge is 2.09. The molecule has 0 amide bonds. The molecule has 0 heterocycles. The van der Waals surface area contributed by atoms with E-state index in [1.54, 1.807) is 24.3 Å². The first-order chi connectivity index (χ1) is 8.11. The maximum absolute atomic E-state index is 13.6. The second kappa shape index (κ2) is 4.68. The van der Waals surface area contributed by atoms with Gasteiger partial charge in [0, 0.05) is 16.7 Å². The quantitative estimate of drug-likeness (QED) is 0.709. The predicted octanol–water partition coefficient (Wildman–Crippen LogP) is 4.93. The molecule has 0 bridgehead atoms. The Hall–Kier alpha value is -1.67. The van der Waals surface area contributed by atoms with Gasteiger partial charge in [-0.25, -0.2) is 8.78 Å². The summed E-state index contributed by atoms with van der Waals surface area (Å²) in [5.74, 6) is -1.20. The first kappa shape index (κ1) is 11.8. The Balaban J connectivity index is 2.63. The standard InChI is InChI=1S/C14H9ClF2/c1-2-9-7-10(15)3-5-12(9)13-6-4-11(16)8-14(13)17/h2-8H,1H2. The highest BCUT2D eigenvalue weighted by atomic mass is 35.5. The van der Waals surface area contributed by atoms with E-state index in [0.29, 0.717) is 21.7 Å². The molecule has 0 aliphatic rings. The Morgan fingerprint density at radius 1 is 1.00 bits per heavy atom. The highest BCUT2D eigenvalue weighted by molar-refractivity contribution is 6.30. The Bertz CT molecular complexity index is 576. The second-order valence-electron chi connectivity index (χ2n) is 3.56. The Morgan fingerprint density at radius 2 is 1.71 bits per heavy atom. The van der Waals surface area contributed by atoms with Gasteiger partial charge in [-0.15, -0.1) is 0 Å². The molecule has 0 aliphatic heterocycles. The van der Waals surface area contributed by atoms with Crippen molar-refractivity contribution in [3.05, 3.63) is 65.2 Å². The fourth-order valence-corrected chi connectivity index (χ4v) is 1.84. The molecule has 3 heteroatoms. The first-order valence-electron chi connectivity index (χ1n) is 4.99. The van der Waals surface area contributed by atoms with Crippen LogP contribution in [0.1, 0.15) is 5.56 Å². The van der Waals surface area contributed by atoms with Gasteiger partial charge in [-0.05, 0) is 35.4 Å². The molecule has 0 saturated heterocycles. The molecule has 2 rings (SSSR count). The van der Waals surface area contributed by atoms with Crippen molar-refractivity contribution >= 4 is 17.7 Å². The normalized spacial score (nSPS) is 10.3. The molecular weight excluding hydrogens is 242 g/mol. The van der Waals surface area contributed by atoms with E-state index in [4.69, 9.17) is 11.6 Å². The van der Waals surface area contributed by atoms with Crippen LogP contribution in [0.2, 0.25) is 5.02 Å². The van der Waals surface area contributed by atoms with Crippen LogP contribution in [-0.2, 0) is 0 Å². The van der Waals surface area contributed by atoms with E-state index >= 15 is 0 Å². The lowest BCUT2D eigenvalue weighted by atomic mass is 9.99. The number of halogens is 3. The minimum Gasteiger partial charge on any atom is -0.207 e. The molecule has 0 radical (unpaired) electrons. The van der Waals surface area contributed by atoms with Gasteiger partial charge in [0.1, 0.15) is 11.6 Å². The summed E-state index contributed by atoms with van der Waals surface area (Å²) in [7, 11) is 0. The third-order valence-corrected chi connectivity index (χ3v) is 2.69. The lowest BCUT2D eigenvalue weighted by Gasteiger charge is -2.08. The van der Waals surface area contributed by atoms with Crippen LogP contribution in [0.5, 0.6) is 0 Å². The minimum absolute atomic E-state index is 0.331. The van der Waals surface area contributed by atoms with E-state index < -0.39 is 11.6 Å². The van der Waals surface area contributed by atoms with Gasteiger partial charge in [0.2, 0.25) is 0 Å². The first-order valence-corrected chi connectivity index (χ1v) is 5.37. The van der Waals surface area contributed by atoms with Crippen LogP contribution in [0.3, 0.4) is 0 Å². The van der Waals surface area contributed by atoms with Crippen molar-refractivity contribution in [1.29, 1.82) is 0 Å². The van der Waals surface area contributed by atoms with Crippen LogP contribution < -0.4 is 0 Å². The van der Waals surface area contributed by atoms with Gasteiger partial charge in [-0.1, -0.05) is 30.3 Å². The third-order valence-electron chi connectivity index (χ3n) is 2.45. The zero-order valence-corrected chi connectivity index (χ0v) is 9.64. The van der Waals surface area contributed by atoms with Crippen molar-refractivity contribution in [3.8, 4) is 11.1 Å². The van der Waals surface area contributed by atoms with E-state index in [2.05, 4.69) is 6.58 Å². The lowest BCUT2D eigenvalue weighted by molar-refractivity contribution is 0.585. The Kier molecular flexibility index (Phi) is 3.25. The van der Waals surface area contributed by atoms with Crippen LogP contribution in [0.4, 0.5) is 8.78 Å². The summed E-state index contributed by atoms with van der Waals surface area (Å²) >= 11 is 5.85. The van der Waals surface area contributed by atoms with Crippen LogP contribution in [0.15, 0.2) is 43.0 Å². The molecule has 0 nitrogen and oxygen atoms in total. The molecule has 0 aromatic heterocycles. The van der Waals surface area contributed by atoms with E-state index in [9.17, 15) is 8.78 Å². The predicted molar refractivity (Wildman–Crippen MR) is 66.9 cm³/mol. The van der Waals surface area contributed by atoms with Gasteiger partial charge >= 0.3 is 0 Å². The summed E-state index contributed by atoms with van der Waals surface area (Å²) in [6.07, 6.45) is 1.59. The molecule has 2 aromatic carbocycles. The average Bonchev–Trinajstić information content (AvgIpc) is 2.30. The molecule has 0 N–H and O–H groups in total. The highest BCUT2D eigenvalue weighted by Crippen LogP contribution is 2.29. The van der Waals surface area contributed by atoms with Crippen molar-refractivity contribution in [3.63, 3.8) is 0 Å². The van der Waals surface area contributed by atoms with Crippen molar-refractivity contribution in [1.82, 2.24) is 0 Å². The topological polar surface area (TPSA) is 0 Å². The zero-order valence-electron chi connectivity index (χ0n) is 8.88. The van der Waals surface area contributed by atoms with Crippen LogP contribution in [0, 0.1) is 11.6 Å². The summed E-state index contributed by atoms with van der Waals surface area (Å²) in [5.41, 5.74) is 1.68. The van der Waals surface area contributed by atoms with Gasteiger partial charge in [-0.2, -0.15) is 0 Å². The summed E-state index contributed by atoms with van der Waals surface area (Å²) < 4.78 is 26.5. The molecule has 0 unspecified atom stereocenters. The van der Waals surface area contributed by atoms with Crippen molar-refractivity contribution in [2.45, 2.75) is 0 Å². The molecular formula is C14H9ClF2. The van der Waals surface area contributed by atoms with Gasteiger partial charge < -0.3 is 0 Å². The summed E-state index contributed by atoms with van der Waals surface area (Å²) in [6, 6.07) is 8.52. The van der Waals surface area contributed by atoms with E-state index in [1.165, 1.54) is 12.1 Å². The zero-order chi connectivity index (χ0) is 12.4. The number of benzene rings is 2. The van der Waals surface area contributed by atoms with E-state index in [0.717, 1.165) is 6.07 Å². The van der Waals surface area contributed by atoms with Crippen molar-refractivity contribution < 1.29 is 8.78 Å². The maximum atomic E-state index is 13.6. The van der Waals surface area contributed by atoms with Crippen LogP contribution in [-0.4, -0.2) is 0 Å². The van der Waals surface area contributed by atoms with Gasteiger partial charge in [0.05, 0.1) is 0 Å². The Morgan fingerprint density at radius 3 is 2.35 bits per heavy atom. The molecule has 0 saturated carbocycles. The Labute approximate surface area is 103 Å². The van der Waals surface area contributed by atoms with E-state index in [-0.39, 0.29) is 0 Å². The van der Waals surface area contributed by atoms with Crippen molar-refractivity contribution in [2.24, 2.45) is 0 Å². The fourth-order valence-electron chi connectivity index (χ4n) is 1.66. The molecule has 0 atom stereocenters. The molecule has 0 aliphatic carbocycles. The monoisotopic (exact) mass is 250 g/mol. The second-order valence-corrected chi connectivity index (χ2v) is 4.00. The number of hydrogen-bond acceptors (Lipinski definition) is 0. The van der Waals surface area contributed by atoms with Gasteiger partial charge in [-0.3, -0.25) is 0 Å². The van der Waals surface area contributed by atoms with Crippen LogP contribution in [0.25, 0.3) is 17.2 Å². The number of hydrogen-bond donors (Lipinski definition) is 0. The van der Waals surface area contributed by atoms with Gasteiger partial charge in [0.25, 0.3) is 0 Å². The summed E-state index contributed by atoms with van der Waals surface area (Å²) in [5, 5.41) is 0.547. The van der Waals surface area contributed by atoms with E-state index in [1.807, 2.05) is 0 Å². The largest absolute Gasteiger partial charge is 0.207 e. The smallest absolute Gasteiger partial charge is 0.133 e. The number of rotatable bonds is 2. The SMILES string of the molecule is C=Cc1cc(Cl)ccc1-c1ccc(F)cc1F. The van der Waals surface area contributed by atoms with Gasteiger partial charge in [0.15, 0.2) is 0 Å². The van der Waals surface area contributed by atoms with Crippen LogP contribution >= 0.6 is 11.6 Å². The summed E-state index contributed by atoms with van der Waals surface area (Å²) in [6.45, 7) is 3.65. The molecule has 2 aromatic rings. The molecule has 17 heavy (non-hydrogen) atoms. The molecule has 0 spiro atoms. The average molecular weight is 251 g/mol. The third kappa shape index (κ3) is 2.37. The molecule has 86 valence electrons. The fraction of sp³-hybridized carbons (Fsp3) is 0.